The molecule has 5 heteroatoms. The largest absolute Gasteiger partial charge is 0.444 e. The summed E-state index contributed by atoms with van der Waals surface area (Å²) >= 11 is 0. The number of nitrogens with two attached hydrogens (primary N) is 1. The smallest absolute Gasteiger partial charge is 0.229 e. The summed E-state index contributed by atoms with van der Waals surface area (Å²) in [6.07, 6.45) is 7.07. The van der Waals surface area contributed by atoms with E-state index in [0.717, 1.165) is 36.9 Å². The van der Waals surface area contributed by atoms with Crippen molar-refractivity contribution in [2.75, 3.05) is 5.32 Å². The molecule has 0 aliphatic heterocycles. The molecule has 3 N–H and O–H groups in total. The van der Waals surface area contributed by atoms with Crippen LogP contribution in [0.3, 0.4) is 0 Å². The second-order valence-electron chi connectivity index (χ2n) is 5.49. The lowest BCUT2D eigenvalue weighted by Gasteiger charge is -2.27. The molecule has 0 unspecified atom stereocenters. The molecule has 1 aliphatic carbocycles. The molecule has 1 aromatic heterocycles. The molecule has 1 aliphatic rings. The molecule has 1 aromatic carbocycles. The van der Waals surface area contributed by atoms with Crippen molar-refractivity contribution in [3.8, 4) is 11.3 Å². The van der Waals surface area contributed by atoms with E-state index in [1.165, 1.54) is 6.39 Å². The highest BCUT2D eigenvalue weighted by atomic mass is 16.3. The molecule has 5 nitrogen and oxygen atoms in total. The number of rotatable bonds is 3. The Morgan fingerprint density at radius 3 is 2.67 bits per heavy atom. The second-order valence-corrected chi connectivity index (χ2v) is 5.49. The number of anilines is 1. The third-order valence-corrected chi connectivity index (χ3v) is 4.03. The molecule has 0 bridgehead atoms. The number of aromatic nitrogens is 1. The van der Waals surface area contributed by atoms with E-state index in [4.69, 9.17) is 10.2 Å². The fourth-order valence-corrected chi connectivity index (χ4v) is 2.80. The maximum absolute atomic E-state index is 12.3. The van der Waals surface area contributed by atoms with Crippen LogP contribution in [-0.2, 0) is 4.79 Å². The van der Waals surface area contributed by atoms with Gasteiger partial charge in [-0.25, -0.2) is 4.98 Å². The zero-order valence-corrected chi connectivity index (χ0v) is 11.8. The van der Waals surface area contributed by atoms with Crippen LogP contribution in [0.2, 0.25) is 0 Å². The van der Waals surface area contributed by atoms with Gasteiger partial charge in [0.2, 0.25) is 5.91 Å². The van der Waals surface area contributed by atoms with Crippen molar-refractivity contribution in [3.05, 3.63) is 36.9 Å². The van der Waals surface area contributed by atoms with Crippen LogP contribution in [-0.4, -0.2) is 16.9 Å². The lowest BCUT2D eigenvalue weighted by molar-refractivity contribution is -0.121. The van der Waals surface area contributed by atoms with E-state index in [1.807, 2.05) is 24.3 Å². The first-order valence-electron chi connectivity index (χ1n) is 7.29. The molecule has 2 aromatic rings. The van der Waals surface area contributed by atoms with Gasteiger partial charge in [-0.1, -0.05) is 12.8 Å². The van der Waals surface area contributed by atoms with Crippen LogP contribution >= 0.6 is 0 Å². The summed E-state index contributed by atoms with van der Waals surface area (Å²) in [5.74, 6) is 0.657. The number of carbonyl (C=O) groups excluding carboxylic acids is 1. The Morgan fingerprint density at radius 1 is 1.24 bits per heavy atom. The molecule has 0 radical (unpaired) electrons. The monoisotopic (exact) mass is 285 g/mol. The zero-order chi connectivity index (χ0) is 14.7. The van der Waals surface area contributed by atoms with Crippen molar-refractivity contribution in [1.82, 2.24) is 4.98 Å². The van der Waals surface area contributed by atoms with Gasteiger partial charge in [0, 0.05) is 17.3 Å². The summed E-state index contributed by atoms with van der Waals surface area (Å²) in [4.78, 5) is 16.2. The highest BCUT2D eigenvalue weighted by Gasteiger charge is 2.28. The normalized spacial score (nSPS) is 22.0. The first-order chi connectivity index (χ1) is 10.2. The average Bonchev–Trinajstić information content (AvgIpc) is 3.02. The van der Waals surface area contributed by atoms with Crippen molar-refractivity contribution in [2.45, 2.75) is 31.7 Å². The quantitative estimate of drug-likeness (QED) is 0.908. The summed E-state index contributed by atoms with van der Waals surface area (Å²) in [7, 11) is 0. The molecular formula is C16H19N3O2. The minimum Gasteiger partial charge on any atom is -0.444 e. The van der Waals surface area contributed by atoms with Crippen molar-refractivity contribution >= 4 is 11.6 Å². The fourth-order valence-electron chi connectivity index (χ4n) is 2.80. The molecule has 2 atom stereocenters. The number of carbonyl (C=O) groups is 1. The number of benzene rings is 1. The predicted octanol–water partition coefficient (Wildman–Crippen LogP) is 2.80. The van der Waals surface area contributed by atoms with Crippen molar-refractivity contribution < 1.29 is 9.21 Å². The first-order valence-corrected chi connectivity index (χ1v) is 7.29. The Hall–Kier alpha value is -2.14. The summed E-state index contributed by atoms with van der Waals surface area (Å²) in [6, 6.07) is 7.51. The van der Waals surface area contributed by atoms with Crippen LogP contribution in [0.1, 0.15) is 25.7 Å². The average molecular weight is 285 g/mol. The van der Waals surface area contributed by atoms with E-state index in [1.54, 1.807) is 6.20 Å². The standard InChI is InChI=1S/C16H19N3O2/c17-14-4-2-1-3-13(14)16(20)19-12-7-5-11(6-8-12)15-9-18-10-21-15/h5-10,13-14H,1-4,17H2,(H,19,20)/t13-,14+/m0/s1. The predicted molar refractivity (Wildman–Crippen MR) is 80.5 cm³/mol. The van der Waals surface area contributed by atoms with Crippen LogP contribution in [0, 0.1) is 5.92 Å². The summed E-state index contributed by atoms with van der Waals surface area (Å²) in [5.41, 5.74) is 7.75. The lowest BCUT2D eigenvalue weighted by Crippen LogP contribution is -2.40. The fraction of sp³-hybridized carbons (Fsp3) is 0.375. The zero-order valence-electron chi connectivity index (χ0n) is 11.8. The highest BCUT2D eigenvalue weighted by Crippen LogP contribution is 2.25. The van der Waals surface area contributed by atoms with Gasteiger partial charge in [-0.15, -0.1) is 0 Å². The topological polar surface area (TPSA) is 81.2 Å². The Balaban J connectivity index is 1.66. The van der Waals surface area contributed by atoms with Gasteiger partial charge < -0.3 is 15.5 Å². The molecular weight excluding hydrogens is 266 g/mol. The number of nitrogens with one attached hydrogen (secondary N) is 1. The van der Waals surface area contributed by atoms with Crippen LogP contribution in [0.15, 0.2) is 41.3 Å². The number of hydrogen-bond acceptors (Lipinski definition) is 4. The maximum atomic E-state index is 12.3. The Morgan fingerprint density at radius 2 is 2.00 bits per heavy atom. The van der Waals surface area contributed by atoms with Gasteiger partial charge in [0.15, 0.2) is 12.2 Å². The van der Waals surface area contributed by atoms with E-state index < -0.39 is 0 Å². The van der Waals surface area contributed by atoms with E-state index in [2.05, 4.69) is 10.3 Å². The Kier molecular flexibility index (Phi) is 4.01. The lowest BCUT2D eigenvalue weighted by atomic mass is 9.84. The van der Waals surface area contributed by atoms with Gasteiger partial charge in [-0.2, -0.15) is 0 Å². The van der Waals surface area contributed by atoms with Gasteiger partial charge in [0.05, 0.1) is 12.1 Å². The van der Waals surface area contributed by atoms with Crippen molar-refractivity contribution in [2.24, 2.45) is 11.7 Å². The molecule has 110 valence electrons. The van der Waals surface area contributed by atoms with Gasteiger partial charge in [-0.05, 0) is 37.1 Å². The van der Waals surface area contributed by atoms with Crippen LogP contribution in [0.4, 0.5) is 5.69 Å². The SMILES string of the molecule is N[C@@H]1CCCC[C@@H]1C(=O)Nc1ccc(-c2cnco2)cc1. The van der Waals surface area contributed by atoms with Gasteiger partial charge in [-0.3, -0.25) is 4.79 Å². The molecule has 1 saturated carbocycles. The van der Waals surface area contributed by atoms with E-state index in [9.17, 15) is 4.79 Å². The summed E-state index contributed by atoms with van der Waals surface area (Å²) < 4.78 is 5.23. The van der Waals surface area contributed by atoms with Crippen molar-refractivity contribution in [1.29, 1.82) is 0 Å². The highest BCUT2D eigenvalue weighted by molar-refractivity contribution is 5.93. The molecule has 3 rings (SSSR count). The second kappa shape index (κ2) is 6.10. The van der Waals surface area contributed by atoms with Gasteiger partial charge >= 0.3 is 0 Å². The molecule has 0 spiro atoms. The van der Waals surface area contributed by atoms with E-state index >= 15 is 0 Å². The van der Waals surface area contributed by atoms with Crippen LogP contribution < -0.4 is 11.1 Å². The molecule has 0 saturated heterocycles. The van der Waals surface area contributed by atoms with E-state index in [-0.39, 0.29) is 17.9 Å². The van der Waals surface area contributed by atoms with Gasteiger partial charge in [0.1, 0.15) is 0 Å². The molecule has 1 amide bonds. The Labute approximate surface area is 123 Å². The minimum absolute atomic E-state index is 0.0211. The van der Waals surface area contributed by atoms with Crippen LogP contribution in [0.25, 0.3) is 11.3 Å². The molecule has 21 heavy (non-hydrogen) atoms. The number of nitrogens with zero attached hydrogens (tertiary/aromatic N) is 1. The third kappa shape index (κ3) is 3.13. The van der Waals surface area contributed by atoms with Gasteiger partial charge in [0.25, 0.3) is 0 Å². The third-order valence-electron chi connectivity index (χ3n) is 4.03. The minimum atomic E-state index is -0.0762. The number of amides is 1. The number of oxazole rings is 1. The summed E-state index contributed by atoms with van der Waals surface area (Å²) in [6.45, 7) is 0. The van der Waals surface area contributed by atoms with Crippen LogP contribution in [0.5, 0.6) is 0 Å². The summed E-state index contributed by atoms with van der Waals surface area (Å²) in [5, 5.41) is 2.95. The first kappa shape index (κ1) is 13.8. The molecule has 1 heterocycles. The maximum Gasteiger partial charge on any atom is 0.229 e. The van der Waals surface area contributed by atoms with E-state index in [0.29, 0.717) is 5.76 Å². The molecule has 1 fully saturated rings. The van der Waals surface area contributed by atoms with Crippen molar-refractivity contribution in [3.63, 3.8) is 0 Å². The number of hydrogen-bond donors (Lipinski definition) is 2. The Bertz CT molecular complexity index is 592.